The first-order valence-corrected chi connectivity index (χ1v) is 8.06. The molecule has 1 N–H and O–H groups in total. The van der Waals surface area contributed by atoms with E-state index in [9.17, 15) is 9.90 Å². The van der Waals surface area contributed by atoms with E-state index in [0.717, 1.165) is 23.2 Å². The first kappa shape index (κ1) is 17.9. The molecule has 5 heteroatoms. The number of aryl methyl sites for hydroxylation is 2. The van der Waals surface area contributed by atoms with Gasteiger partial charge in [0.05, 0.1) is 12.2 Å². The van der Waals surface area contributed by atoms with Crippen LogP contribution in [-0.2, 0) is 17.8 Å². The number of likely N-dealkylation sites (N-methyl/N-ethyl adjacent to an activating group) is 1. The molecule has 0 radical (unpaired) electrons. The molecule has 128 valence electrons. The summed E-state index contributed by atoms with van der Waals surface area (Å²) in [5.41, 5.74) is 2.90. The molecule has 0 aliphatic heterocycles. The molecule has 2 rings (SSSR count). The highest BCUT2D eigenvalue weighted by Gasteiger charge is 2.21. The average Bonchev–Trinajstić information content (AvgIpc) is 2.60. The molecule has 2 aromatic rings. The van der Waals surface area contributed by atoms with E-state index in [1.54, 1.807) is 7.05 Å². The third kappa shape index (κ3) is 4.80. The Balaban J connectivity index is 1.88. The molecule has 1 heterocycles. The molecule has 0 saturated heterocycles. The van der Waals surface area contributed by atoms with Crippen LogP contribution in [0.1, 0.15) is 23.7 Å². The lowest BCUT2D eigenvalue weighted by Crippen LogP contribution is -2.39. The van der Waals surface area contributed by atoms with Crippen LogP contribution in [0.3, 0.4) is 0 Å². The zero-order valence-corrected chi connectivity index (χ0v) is 14.4. The van der Waals surface area contributed by atoms with Gasteiger partial charge in [-0.25, -0.2) is 0 Å². The number of amides is 1. The van der Waals surface area contributed by atoms with Gasteiger partial charge in [0, 0.05) is 13.2 Å². The first-order chi connectivity index (χ1) is 11.5. The number of aliphatic hydroxyl groups is 1. The number of nitrogens with zero attached hydrogens (tertiary/aromatic N) is 2. The monoisotopic (exact) mass is 328 g/mol. The third-order valence-electron chi connectivity index (χ3n) is 3.84. The zero-order chi connectivity index (χ0) is 17.5. The Bertz CT molecular complexity index is 671. The van der Waals surface area contributed by atoms with Gasteiger partial charge < -0.3 is 14.7 Å². The number of ether oxygens (including phenoxy) is 1. The Morgan fingerprint density at radius 3 is 2.67 bits per heavy atom. The molecule has 1 amide bonds. The van der Waals surface area contributed by atoms with Crippen molar-refractivity contribution in [2.75, 3.05) is 13.7 Å². The third-order valence-corrected chi connectivity index (χ3v) is 3.84. The highest BCUT2D eigenvalue weighted by atomic mass is 16.5. The molecule has 1 atom stereocenters. The minimum Gasteiger partial charge on any atom is -0.490 e. The van der Waals surface area contributed by atoms with Crippen LogP contribution in [0.4, 0.5) is 0 Å². The summed E-state index contributed by atoms with van der Waals surface area (Å²) in [7, 11) is 1.65. The van der Waals surface area contributed by atoms with Gasteiger partial charge in [-0.15, -0.1) is 0 Å². The van der Waals surface area contributed by atoms with E-state index in [4.69, 9.17) is 4.74 Å². The maximum atomic E-state index is 12.2. The van der Waals surface area contributed by atoms with Crippen molar-refractivity contribution in [1.29, 1.82) is 0 Å². The summed E-state index contributed by atoms with van der Waals surface area (Å²) in [5.74, 6) is 0.286. The number of hydrogen-bond donors (Lipinski definition) is 1. The predicted molar refractivity (Wildman–Crippen MR) is 92.8 cm³/mol. The van der Waals surface area contributed by atoms with Crippen molar-refractivity contribution in [3.63, 3.8) is 0 Å². The normalized spacial score (nSPS) is 11.8. The molecule has 0 spiro atoms. The quantitative estimate of drug-likeness (QED) is 0.847. The van der Waals surface area contributed by atoms with Crippen LogP contribution in [0.5, 0.6) is 5.75 Å². The molecule has 24 heavy (non-hydrogen) atoms. The van der Waals surface area contributed by atoms with Crippen LogP contribution in [0.25, 0.3) is 0 Å². The van der Waals surface area contributed by atoms with Crippen LogP contribution in [0.15, 0.2) is 42.6 Å². The van der Waals surface area contributed by atoms with Gasteiger partial charge in [-0.05, 0) is 36.6 Å². The van der Waals surface area contributed by atoms with E-state index in [0.29, 0.717) is 12.3 Å². The second-order valence-electron chi connectivity index (χ2n) is 5.80. The van der Waals surface area contributed by atoms with Gasteiger partial charge in [-0.2, -0.15) is 0 Å². The summed E-state index contributed by atoms with van der Waals surface area (Å²) in [6.45, 7) is 4.26. The van der Waals surface area contributed by atoms with Crippen molar-refractivity contribution in [1.82, 2.24) is 9.88 Å². The number of carbonyl (C=O) groups is 1. The minimum atomic E-state index is -1.20. The molecule has 5 nitrogen and oxygen atoms in total. The lowest BCUT2D eigenvalue weighted by molar-refractivity contribution is -0.140. The van der Waals surface area contributed by atoms with Gasteiger partial charge in [0.25, 0.3) is 5.91 Å². The Labute approximate surface area is 142 Å². The van der Waals surface area contributed by atoms with Crippen LogP contribution in [-0.4, -0.2) is 40.7 Å². The van der Waals surface area contributed by atoms with Crippen LogP contribution in [0.2, 0.25) is 0 Å². The highest BCUT2D eigenvalue weighted by Crippen LogP contribution is 2.16. The lowest BCUT2D eigenvalue weighted by atomic mass is 10.2. The molecule has 0 saturated carbocycles. The first-order valence-electron chi connectivity index (χ1n) is 8.06. The maximum Gasteiger partial charge on any atom is 0.255 e. The van der Waals surface area contributed by atoms with Gasteiger partial charge in [0.15, 0.2) is 6.10 Å². The van der Waals surface area contributed by atoms with Gasteiger partial charge in [0.1, 0.15) is 12.4 Å². The average molecular weight is 328 g/mol. The predicted octanol–water partition coefficient (Wildman–Crippen LogP) is 2.35. The number of benzene rings is 1. The Morgan fingerprint density at radius 1 is 1.29 bits per heavy atom. The van der Waals surface area contributed by atoms with Crippen LogP contribution in [0, 0.1) is 6.92 Å². The van der Waals surface area contributed by atoms with E-state index in [1.165, 1.54) is 4.90 Å². The SMILES string of the molecule is CCc1ccc(CN(C)C(=O)[C@@H](O)COc2ccccc2C)nc1. The van der Waals surface area contributed by atoms with E-state index in [-0.39, 0.29) is 12.5 Å². The molecule has 0 aliphatic carbocycles. The molecule has 1 aromatic carbocycles. The van der Waals surface area contributed by atoms with E-state index in [2.05, 4.69) is 11.9 Å². The topological polar surface area (TPSA) is 62.7 Å². The number of para-hydroxylation sites is 1. The smallest absolute Gasteiger partial charge is 0.255 e. The van der Waals surface area contributed by atoms with Crippen molar-refractivity contribution in [2.24, 2.45) is 0 Å². The van der Waals surface area contributed by atoms with Gasteiger partial charge >= 0.3 is 0 Å². The van der Waals surface area contributed by atoms with Gasteiger partial charge in [-0.3, -0.25) is 9.78 Å². The van der Waals surface area contributed by atoms with Crippen molar-refractivity contribution >= 4 is 5.91 Å². The second kappa shape index (κ2) is 8.45. The Morgan fingerprint density at radius 2 is 2.04 bits per heavy atom. The van der Waals surface area contributed by atoms with Gasteiger partial charge in [0.2, 0.25) is 0 Å². The number of pyridine rings is 1. The fourth-order valence-corrected chi connectivity index (χ4v) is 2.29. The number of rotatable bonds is 7. The highest BCUT2D eigenvalue weighted by molar-refractivity contribution is 5.80. The van der Waals surface area contributed by atoms with Crippen molar-refractivity contribution in [3.05, 3.63) is 59.4 Å². The molecular formula is C19H24N2O3. The maximum absolute atomic E-state index is 12.2. The summed E-state index contributed by atoms with van der Waals surface area (Å²) < 4.78 is 5.54. The van der Waals surface area contributed by atoms with Crippen molar-refractivity contribution < 1.29 is 14.6 Å². The van der Waals surface area contributed by atoms with Crippen molar-refractivity contribution in [2.45, 2.75) is 32.9 Å². The Hall–Kier alpha value is -2.40. The summed E-state index contributed by atoms with van der Waals surface area (Å²) in [5, 5.41) is 10.1. The Kier molecular flexibility index (Phi) is 6.32. The number of aromatic nitrogens is 1. The van der Waals surface area contributed by atoms with E-state index in [1.807, 2.05) is 49.5 Å². The van der Waals surface area contributed by atoms with E-state index < -0.39 is 6.10 Å². The molecule has 0 unspecified atom stereocenters. The minimum absolute atomic E-state index is 0.0732. The molecule has 0 aliphatic rings. The summed E-state index contributed by atoms with van der Waals surface area (Å²) in [4.78, 5) is 18.0. The number of hydrogen-bond acceptors (Lipinski definition) is 4. The second-order valence-corrected chi connectivity index (χ2v) is 5.80. The van der Waals surface area contributed by atoms with E-state index >= 15 is 0 Å². The summed E-state index contributed by atoms with van der Waals surface area (Å²) in [6.07, 6.45) is 1.53. The van der Waals surface area contributed by atoms with Crippen molar-refractivity contribution in [3.8, 4) is 5.75 Å². The standard InChI is InChI=1S/C19H24N2O3/c1-4-15-9-10-16(20-11-15)12-21(3)19(23)17(22)13-24-18-8-6-5-7-14(18)2/h5-11,17,22H,4,12-13H2,1-3H3/t17-/m0/s1. The molecule has 0 fully saturated rings. The largest absolute Gasteiger partial charge is 0.490 e. The lowest BCUT2D eigenvalue weighted by Gasteiger charge is -2.21. The van der Waals surface area contributed by atoms with Crippen LogP contribution < -0.4 is 4.74 Å². The molecule has 0 bridgehead atoms. The molecular weight excluding hydrogens is 304 g/mol. The van der Waals surface area contributed by atoms with Gasteiger partial charge in [-0.1, -0.05) is 31.2 Å². The number of carbonyl (C=O) groups excluding carboxylic acids is 1. The summed E-state index contributed by atoms with van der Waals surface area (Å²) in [6, 6.07) is 11.4. The number of aliphatic hydroxyl groups excluding tert-OH is 1. The fourth-order valence-electron chi connectivity index (χ4n) is 2.29. The fraction of sp³-hybridized carbons (Fsp3) is 0.368. The molecule has 1 aromatic heterocycles. The van der Waals surface area contributed by atoms with Crippen LogP contribution >= 0.6 is 0 Å². The summed E-state index contributed by atoms with van der Waals surface area (Å²) >= 11 is 0. The zero-order valence-electron chi connectivity index (χ0n) is 14.4.